The molecular formula is C22H22ClFN2O3. The fraction of sp³-hybridized carbons (Fsp3) is 0.364. The summed E-state index contributed by atoms with van der Waals surface area (Å²) >= 11 is 5.92. The third-order valence-electron chi connectivity index (χ3n) is 5.69. The Balaban J connectivity index is 1.29. The summed E-state index contributed by atoms with van der Waals surface area (Å²) in [6, 6.07) is 13.8. The lowest BCUT2D eigenvalue weighted by atomic mass is 9.96. The summed E-state index contributed by atoms with van der Waals surface area (Å²) in [7, 11) is 0. The molecule has 29 heavy (non-hydrogen) atoms. The van der Waals surface area contributed by atoms with Gasteiger partial charge in [-0.05, 0) is 42.7 Å². The number of ether oxygens (including phenoxy) is 1. The monoisotopic (exact) mass is 416 g/mol. The first kappa shape index (κ1) is 19.7. The molecule has 0 unspecified atom stereocenters. The summed E-state index contributed by atoms with van der Waals surface area (Å²) in [5, 5.41) is 0.614. The molecule has 0 atom stereocenters. The van der Waals surface area contributed by atoms with E-state index >= 15 is 0 Å². The second kappa shape index (κ2) is 8.03. The molecule has 1 saturated carbocycles. The molecule has 0 aromatic heterocycles. The van der Waals surface area contributed by atoms with E-state index in [9.17, 15) is 14.0 Å². The molecule has 0 N–H and O–H groups in total. The third kappa shape index (κ3) is 4.08. The Morgan fingerprint density at radius 1 is 1.00 bits per heavy atom. The molecule has 7 heteroatoms. The molecule has 0 radical (unpaired) electrons. The number of halogens is 2. The topological polar surface area (TPSA) is 49.9 Å². The number of esters is 1. The highest BCUT2D eigenvalue weighted by Gasteiger charge is 2.53. The molecule has 5 nitrogen and oxygen atoms in total. The number of nitrogens with zero attached hydrogens (tertiary/aromatic N) is 2. The van der Waals surface area contributed by atoms with Crippen molar-refractivity contribution in [3.05, 3.63) is 64.9 Å². The molecule has 1 saturated heterocycles. The fourth-order valence-corrected chi connectivity index (χ4v) is 3.89. The fourth-order valence-electron chi connectivity index (χ4n) is 3.77. The number of benzene rings is 2. The van der Waals surface area contributed by atoms with E-state index in [1.54, 1.807) is 35.2 Å². The molecule has 1 heterocycles. The molecule has 2 aromatic carbocycles. The molecule has 0 spiro atoms. The molecule has 1 aliphatic carbocycles. The van der Waals surface area contributed by atoms with Gasteiger partial charge in [0.2, 0.25) is 0 Å². The van der Waals surface area contributed by atoms with Gasteiger partial charge in [-0.1, -0.05) is 35.9 Å². The van der Waals surface area contributed by atoms with Gasteiger partial charge in [-0.25, -0.2) is 4.39 Å². The maximum Gasteiger partial charge on any atom is 0.317 e. The van der Waals surface area contributed by atoms with Gasteiger partial charge in [-0.3, -0.25) is 9.59 Å². The van der Waals surface area contributed by atoms with Gasteiger partial charge in [0.05, 0.1) is 11.1 Å². The van der Waals surface area contributed by atoms with Crippen molar-refractivity contribution >= 4 is 29.2 Å². The number of rotatable bonds is 5. The first-order valence-corrected chi connectivity index (χ1v) is 10.1. The molecule has 2 aliphatic rings. The molecule has 152 valence electrons. The zero-order chi connectivity index (χ0) is 20.4. The minimum atomic E-state index is -0.644. The molecular weight excluding hydrogens is 395 g/mol. The van der Waals surface area contributed by atoms with E-state index in [1.807, 2.05) is 17.0 Å². The van der Waals surface area contributed by atoms with E-state index in [0.717, 1.165) is 5.56 Å². The number of amides is 1. The average molecular weight is 417 g/mol. The Labute approximate surface area is 174 Å². The van der Waals surface area contributed by atoms with Crippen LogP contribution in [0.15, 0.2) is 48.5 Å². The van der Waals surface area contributed by atoms with Crippen molar-refractivity contribution in [1.29, 1.82) is 0 Å². The van der Waals surface area contributed by atoms with E-state index in [4.69, 9.17) is 16.3 Å². The first-order valence-electron chi connectivity index (χ1n) is 9.70. The summed E-state index contributed by atoms with van der Waals surface area (Å²) in [6.45, 7) is 1.73. The Bertz CT molecular complexity index is 907. The Hall–Kier alpha value is -2.60. The largest absolute Gasteiger partial charge is 0.455 e. The predicted octanol–water partition coefficient (Wildman–Crippen LogP) is 3.40. The summed E-state index contributed by atoms with van der Waals surface area (Å²) < 4.78 is 19.3. The van der Waals surface area contributed by atoms with Gasteiger partial charge in [-0.15, -0.1) is 0 Å². The van der Waals surface area contributed by atoms with Crippen LogP contribution in [0, 0.1) is 5.82 Å². The third-order valence-corrected chi connectivity index (χ3v) is 5.94. The van der Waals surface area contributed by atoms with Crippen molar-refractivity contribution in [2.24, 2.45) is 0 Å². The Morgan fingerprint density at radius 3 is 2.28 bits per heavy atom. The van der Waals surface area contributed by atoms with E-state index in [-0.39, 0.29) is 24.3 Å². The second-order valence-electron chi connectivity index (χ2n) is 7.48. The second-order valence-corrected chi connectivity index (χ2v) is 7.92. The number of hydrogen-bond acceptors (Lipinski definition) is 4. The predicted molar refractivity (Wildman–Crippen MR) is 109 cm³/mol. The summed E-state index contributed by atoms with van der Waals surface area (Å²) in [6.07, 6.45) is 1.42. The van der Waals surface area contributed by atoms with E-state index in [1.165, 1.54) is 6.07 Å². The van der Waals surface area contributed by atoms with Gasteiger partial charge in [0, 0.05) is 31.2 Å². The number of carbonyl (C=O) groups is 2. The minimum Gasteiger partial charge on any atom is -0.455 e. The van der Waals surface area contributed by atoms with Crippen LogP contribution in [-0.2, 0) is 19.7 Å². The van der Waals surface area contributed by atoms with Crippen molar-refractivity contribution in [2.45, 2.75) is 18.3 Å². The van der Waals surface area contributed by atoms with Gasteiger partial charge >= 0.3 is 5.97 Å². The molecule has 1 aliphatic heterocycles. The van der Waals surface area contributed by atoms with Gasteiger partial charge in [0.25, 0.3) is 5.91 Å². The van der Waals surface area contributed by atoms with Crippen molar-refractivity contribution in [2.75, 3.05) is 37.7 Å². The molecule has 2 fully saturated rings. The van der Waals surface area contributed by atoms with E-state index in [0.29, 0.717) is 49.7 Å². The standard InChI is InChI=1S/C22H22ClFN2O3/c23-17-7-5-16(6-8-17)22(9-10-22)21(28)29-15-20(27)26-13-11-25(12-14-26)19-4-2-1-3-18(19)24/h1-8H,9-15H2. The quantitative estimate of drug-likeness (QED) is 0.701. The molecule has 0 bridgehead atoms. The maximum atomic E-state index is 13.9. The van der Waals surface area contributed by atoms with Gasteiger partial charge in [-0.2, -0.15) is 0 Å². The van der Waals surface area contributed by atoms with Crippen LogP contribution in [0.25, 0.3) is 0 Å². The van der Waals surface area contributed by atoms with Crippen molar-refractivity contribution in [3.8, 4) is 0 Å². The maximum absolute atomic E-state index is 13.9. The van der Waals surface area contributed by atoms with Gasteiger partial charge in [0.1, 0.15) is 5.82 Å². The van der Waals surface area contributed by atoms with Crippen LogP contribution in [0.4, 0.5) is 10.1 Å². The molecule has 1 amide bonds. The van der Waals surface area contributed by atoms with Crippen molar-refractivity contribution in [3.63, 3.8) is 0 Å². The average Bonchev–Trinajstić information content (AvgIpc) is 3.55. The normalized spacial score (nSPS) is 17.7. The lowest BCUT2D eigenvalue weighted by molar-refractivity contribution is -0.154. The zero-order valence-corrected chi connectivity index (χ0v) is 16.7. The summed E-state index contributed by atoms with van der Waals surface area (Å²) in [5.74, 6) is -0.852. The highest BCUT2D eigenvalue weighted by molar-refractivity contribution is 6.30. The van der Waals surface area contributed by atoms with Crippen LogP contribution in [0.2, 0.25) is 5.02 Å². The Morgan fingerprint density at radius 2 is 1.66 bits per heavy atom. The number of carbonyl (C=O) groups excluding carboxylic acids is 2. The first-order chi connectivity index (χ1) is 14.0. The summed E-state index contributed by atoms with van der Waals surface area (Å²) in [4.78, 5) is 28.7. The van der Waals surface area contributed by atoms with Crippen LogP contribution < -0.4 is 4.90 Å². The highest BCUT2D eigenvalue weighted by atomic mass is 35.5. The van der Waals surface area contributed by atoms with Gasteiger partial charge in [0.15, 0.2) is 6.61 Å². The number of anilines is 1. The molecule has 4 rings (SSSR count). The number of para-hydroxylation sites is 1. The highest BCUT2D eigenvalue weighted by Crippen LogP contribution is 2.49. The van der Waals surface area contributed by atoms with Crippen LogP contribution in [0.3, 0.4) is 0 Å². The smallest absolute Gasteiger partial charge is 0.317 e. The van der Waals surface area contributed by atoms with Crippen molar-refractivity contribution < 1.29 is 18.7 Å². The van der Waals surface area contributed by atoms with Crippen LogP contribution in [0.1, 0.15) is 18.4 Å². The SMILES string of the molecule is O=C(COC(=O)C1(c2ccc(Cl)cc2)CC1)N1CCN(c2ccccc2F)CC1. The lowest BCUT2D eigenvalue weighted by Gasteiger charge is -2.36. The van der Waals surface area contributed by atoms with Gasteiger partial charge < -0.3 is 14.5 Å². The van der Waals surface area contributed by atoms with Crippen LogP contribution in [0.5, 0.6) is 0 Å². The number of hydrogen-bond donors (Lipinski definition) is 0. The molecule has 2 aromatic rings. The van der Waals surface area contributed by atoms with Crippen molar-refractivity contribution in [1.82, 2.24) is 4.90 Å². The summed E-state index contributed by atoms with van der Waals surface area (Å²) in [5.41, 5.74) is 0.775. The van der Waals surface area contributed by atoms with E-state index < -0.39 is 5.41 Å². The number of piperazine rings is 1. The zero-order valence-electron chi connectivity index (χ0n) is 15.9. The Kier molecular flexibility index (Phi) is 5.46. The van der Waals surface area contributed by atoms with Crippen LogP contribution >= 0.6 is 11.6 Å². The lowest BCUT2D eigenvalue weighted by Crippen LogP contribution is -2.50. The van der Waals surface area contributed by atoms with Crippen LogP contribution in [-0.4, -0.2) is 49.6 Å². The van der Waals surface area contributed by atoms with E-state index in [2.05, 4.69) is 0 Å². The minimum absolute atomic E-state index is 0.224.